The van der Waals surface area contributed by atoms with Crippen LogP contribution in [0.2, 0.25) is 5.02 Å². The van der Waals surface area contributed by atoms with Crippen molar-refractivity contribution >= 4 is 38.9 Å². The van der Waals surface area contributed by atoms with Gasteiger partial charge in [0.15, 0.2) is 0 Å². The third-order valence-corrected chi connectivity index (χ3v) is 3.26. The second-order valence-corrected chi connectivity index (χ2v) is 4.71. The van der Waals surface area contributed by atoms with Gasteiger partial charge in [-0.15, -0.1) is 0 Å². The molecule has 0 aliphatic heterocycles. The fourth-order valence-corrected chi connectivity index (χ4v) is 1.83. The van der Waals surface area contributed by atoms with Crippen LogP contribution in [0.1, 0.15) is 5.56 Å². The van der Waals surface area contributed by atoms with Crippen molar-refractivity contribution in [2.24, 2.45) is 0 Å². The van der Waals surface area contributed by atoms with Crippen LogP contribution in [0, 0.1) is 6.92 Å². The number of pyridine rings is 1. The summed E-state index contributed by atoms with van der Waals surface area (Å²) < 4.78 is 0.923. The Hall–Kier alpha value is -1.06. The van der Waals surface area contributed by atoms with E-state index in [1.54, 1.807) is 12.4 Å². The van der Waals surface area contributed by atoms with E-state index in [4.69, 9.17) is 11.6 Å². The number of aromatic nitrogens is 1. The summed E-state index contributed by atoms with van der Waals surface area (Å²) in [6.07, 6.45) is 3.49. The van der Waals surface area contributed by atoms with Gasteiger partial charge in [0.05, 0.1) is 10.2 Å². The number of benzene rings is 1. The third kappa shape index (κ3) is 2.54. The van der Waals surface area contributed by atoms with Gasteiger partial charge in [0.25, 0.3) is 0 Å². The zero-order valence-electron chi connectivity index (χ0n) is 8.67. The number of hydrogen-bond donors (Lipinski definition) is 1. The summed E-state index contributed by atoms with van der Waals surface area (Å²) in [4.78, 5) is 4.01. The van der Waals surface area contributed by atoms with Gasteiger partial charge in [0.2, 0.25) is 0 Å². The molecule has 82 valence electrons. The SMILES string of the molecule is Cc1ccc(Nc2ccncc2Br)cc1Cl. The number of hydrogen-bond acceptors (Lipinski definition) is 2. The van der Waals surface area contributed by atoms with E-state index < -0.39 is 0 Å². The Kier molecular flexibility index (Phi) is 3.46. The summed E-state index contributed by atoms with van der Waals surface area (Å²) >= 11 is 9.48. The van der Waals surface area contributed by atoms with Gasteiger partial charge in [0.1, 0.15) is 0 Å². The van der Waals surface area contributed by atoms with Crippen LogP contribution in [0.15, 0.2) is 41.1 Å². The minimum atomic E-state index is 0.759. The quantitative estimate of drug-likeness (QED) is 0.879. The summed E-state index contributed by atoms with van der Waals surface area (Å²) in [7, 11) is 0. The molecule has 0 spiro atoms. The van der Waals surface area contributed by atoms with Crippen molar-refractivity contribution < 1.29 is 0 Å². The first kappa shape index (κ1) is 11.4. The molecule has 0 saturated carbocycles. The van der Waals surface area contributed by atoms with Gasteiger partial charge >= 0.3 is 0 Å². The van der Waals surface area contributed by atoms with Gasteiger partial charge in [-0.25, -0.2) is 0 Å². The molecule has 0 amide bonds. The highest BCUT2D eigenvalue weighted by Gasteiger charge is 2.01. The molecule has 1 aromatic carbocycles. The van der Waals surface area contributed by atoms with E-state index in [0.717, 1.165) is 26.4 Å². The monoisotopic (exact) mass is 296 g/mol. The molecule has 0 saturated heterocycles. The maximum atomic E-state index is 6.06. The number of rotatable bonds is 2. The lowest BCUT2D eigenvalue weighted by molar-refractivity contribution is 1.30. The minimum Gasteiger partial charge on any atom is -0.354 e. The maximum absolute atomic E-state index is 6.06. The van der Waals surface area contributed by atoms with E-state index in [2.05, 4.69) is 26.2 Å². The fourth-order valence-electron chi connectivity index (χ4n) is 1.30. The first-order valence-corrected chi connectivity index (χ1v) is 5.96. The zero-order valence-corrected chi connectivity index (χ0v) is 11.0. The topological polar surface area (TPSA) is 24.9 Å². The van der Waals surface area contributed by atoms with E-state index in [1.807, 2.05) is 31.2 Å². The summed E-state index contributed by atoms with van der Waals surface area (Å²) in [5.41, 5.74) is 3.00. The highest BCUT2D eigenvalue weighted by Crippen LogP contribution is 2.27. The standard InChI is InChI=1S/C12H10BrClN2/c1-8-2-3-9(6-11(8)14)16-12-4-5-15-7-10(12)13/h2-7H,1H3,(H,15,16). The second kappa shape index (κ2) is 4.85. The molecule has 0 fully saturated rings. The molecule has 0 bridgehead atoms. The summed E-state index contributed by atoms with van der Waals surface area (Å²) in [6.45, 7) is 1.98. The molecule has 4 heteroatoms. The van der Waals surface area contributed by atoms with Crippen LogP contribution in [0.5, 0.6) is 0 Å². The lowest BCUT2D eigenvalue weighted by atomic mass is 10.2. The second-order valence-electron chi connectivity index (χ2n) is 3.44. The molecule has 2 rings (SSSR count). The van der Waals surface area contributed by atoms with Crippen molar-refractivity contribution in [1.82, 2.24) is 4.98 Å². The van der Waals surface area contributed by atoms with E-state index in [9.17, 15) is 0 Å². The van der Waals surface area contributed by atoms with Gasteiger partial charge in [-0.1, -0.05) is 17.7 Å². The number of halogens is 2. The molecule has 2 nitrogen and oxygen atoms in total. The van der Waals surface area contributed by atoms with Crippen molar-refractivity contribution in [3.8, 4) is 0 Å². The van der Waals surface area contributed by atoms with Gasteiger partial charge in [-0.05, 0) is 46.6 Å². The molecule has 1 aromatic heterocycles. The molecule has 0 aliphatic carbocycles. The number of aryl methyl sites for hydroxylation is 1. The molecule has 16 heavy (non-hydrogen) atoms. The largest absolute Gasteiger partial charge is 0.354 e. The molecular formula is C12H10BrClN2. The van der Waals surface area contributed by atoms with Crippen molar-refractivity contribution in [2.45, 2.75) is 6.92 Å². The average Bonchev–Trinajstić information content (AvgIpc) is 2.27. The molecule has 0 aliphatic rings. The number of nitrogens with zero attached hydrogens (tertiary/aromatic N) is 1. The highest BCUT2D eigenvalue weighted by atomic mass is 79.9. The Bertz CT molecular complexity index is 514. The van der Waals surface area contributed by atoms with E-state index in [0.29, 0.717) is 0 Å². The van der Waals surface area contributed by atoms with Crippen LogP contribution in [0.25, 0.3) is 0 Å². The number of nitrogens with one attached hydrogen (secondary N) is 1. The Morgan fingerprint density at radius 3 is 2.81 bits per heavy atom. The molecule has 2 aromatic rings. The van der Waals surface area contributed by atoms with Gasteiger partial charge in [0, 0.05) is 23.1 Å². The summed E-state index contributed by atoms with van der Waals surface area (Å²) in [5, 5.41) is 4.03. The Morgan fingerprint density at radius 1 is 1.31 bits per heavy atom. The average molecular weight is 298 g/mol. The van der Waals surface area contributed by atoms with E-state index in [-0.39, 0.29) is 0 Å². The van der Waals surface area contributed by atoms with Crippen LogP contribution in [-0.4, -0.2) is 4.98 Å². The van der Waals surface area contributed by atoms with Crippen LogP contribution in [0.3, 0.4) is 0 Å². The van der Waals surface area contributed by atoms with Gasteiger partial charge < -0.3 is 5.32 Å². The third-order valence-electron chi connectivity index (χ3n) is 2.22. The predicted octanol–water partition coefficient (Wildman–Crippen LogP) is 4.55. The van der Waals surface area contributed by atoms with Crippen molar-refractivity contribution in [2.75, 3.05) is 5.32 Å². The zero-order chi connectivity index (χ0) is 11.5. The summed E-state index contributed by atoms with van der Waals surface area (Å²) in [6, 6.07) is 7.79. The Labute approximate surface area is 108 Å². The molecular weight excluding hydrogens is 288 g/mol. The van der Waals surface area contributed by atoms with Gasteiger partial charge in [-0.2, -0.15) is 0 Å². The first-order valence-electron chi connectivity index (χ1n) is 4.79. The minimum absolute atomic E-state index is 0.759. The van der Waals surface area contributed by atoms with Gasteiger partial charge in [-0.3, -0.25) is 4.98 Å². The van der Waals surface area contributed by atoms with Crippen LogP contribution < -0.4 is 5.32 Å². The summed E-state index contributed by atoms with van der Waals surface area (Å²) in [5.74, 6) is 0. The molecule has 1 N–H and O–H groups in total. The van der Waals surface area contributed by atoms with Crippen LogP contribution >= 0.6 is 27.5 Å². The predicted molar refractivity (Wildman–Crippen MR) is 71.4 cm³/mol. The Morgan fingerprint density at radius 2 is 2.12 bits per heavy atom. The van der Waals surface area contributed by atoms with E-state index in [1.165, 1.54) is 0 Å². The smallest absolute Gasteiger partial charge is 0.0593 e. The highest BCUT2D eigenvalue weighted by molar-refractivity contribution is 9.10. The van der Waals surface area contributed by atoms with Crippen molar-refractivity contribution in [3.05, 3.63) is 51.7 Å². The maximum Gasteiger partial charge on any atom is 0.0593 e. The van der Waals surface area contributed by atoms with Crippen molar-refractivity contribution in [3.63, 3.8) is 0 Å². The normalized spacial score (nSPS) is 10.2. The van der Waals surface area contributed by atoms with Crippen LogP contribution in [0.4, 0.5) is 11.4 Å². The van der Waals surface area contributed by atoms with E-state index >= 15 is 0 Å². The Balaban J connectivity index is 2.28. The molecule has 1 heterocycles. The van der Waals surface area contributed by atoms with Crippen molar-refractivity contribution in [1.29, 1.82) is 0 Å². The first-order chi connectivity index (χ1) is 7.66. The molecule has 0 atom stereocenters. The fraction of sp³-hybridized carbons (Fsp3) is 0.0833. The molecule has 0 radical (unpaired) electrons. The lowest BCUT2D eigenvalue weighted by Crippen LogP contribution is -1.92. The number of anilines is 2. The molecule has 0 unspecified atom stereocenters. The van der Waals surface area contributed by atoms with Crippen LogP contribution in [-0.2, 0) is 0 Å². The lowest BCUT2D eigenvalue weighted by Gasteiger charge is -2.09.